The van der Waals surface area contributed by atoms with Crippen molar-refractivity contribution in [3.63, 3.8) is 0 Å². The van der Waals surface area contributed by atoms with Gasteiger partial charge in [0.05, 0.1) is 6.10 Å². The molecule has 1 N–H and O–H groups in total. The summed E-state index contributed by atoms with van der Waals surface area (Å²) in [7, 11) is 0. The summed E-state index contributed by atoms with van der Waals surface area (Å²) in [5, 5.41) is 10.1. The quantitative estimate of drug-likeness (QED) is 0.868. The molecule has 0 aromatic heterocycles. The number of halogens is 2. The van der Waals surface area contributed by atoms with Crippen LogP contribution in [0.4, 0.5) is 8.78 Å². The van der Waals surface area contributed by atoms with Crippen LogP contribution in [0.3, 0.4) is 0 Å². The third-order valence-electron chi connectivity index (χ3n) is 3.35. The molecule has 0 radical (unpaired) electrons. The predicted octanol–water partition coefficient (Wildman–Crippen LogP) is 4.19. The van der Waals surface area contributed by atoms with Crippen LogP contribution in [0.15, 0.2) is 42.5 Å². The van der Waals surface area contributed by atoms with Gasteiger partial charge in [-0.3, -0.25) is 0 Å². The average Bonchev–Trinajstić information content (AvgIpc) is 2.45. The molecule has 0 aliphatic rings. The predicted molar refractivity (Wildman–Crippen MR) is 75.5 cm³/mol. The first-order valence-electron chi connectivity index (χ1n) is 6.81. The summed E-state index contributed by atoms with van der Waals surface area (Å²) in [4.78, 5) is 0. The van der Waals surface area contributed by atoms with Gasteiger partial charge in [0.15, 0.2) is 11.6 Å². The molecular formula is C17H18F2O. The molecule has 106 valence electrons. The van der Waals surface area contributed by atoms with Crippen LogP contribution in [-0.4, -0.2) is 5.11 Å². The molecule has 20 heavy (non-hydrogen) atoms. The van der Waals surface area contributed by atoms with Crippen LogP contribution < -0.4 is 0 Å². The van der Waals surface area contributed by atoms with Crippen molar-refractivity contribution in [3.8, 4) is 0 Å². The number of hydrogen-bond donors (Lipinski definition) is 1. The number of aryl methyl sites for hydroxylation is 1. The van der Waals surface area contributed by atoms with Crippen LogP contribution in [0, 0.1) is 11.6 Å². The molecule has 0 spiro atoms. The van der Waals surface area contributed by atoms with Gasteiger partial charge in [-0.1, -0.05) is 49.7 Å². The molecule has 0 fully saturated rings. The van der Waals surface area contributed by atoms with Gasteiger partial charge in [0.2, 0.25) is 0 Å². The van der Waals surface area contributed by atoms with Gasteiger partial charge in [-0.25, -0.2) is 8.78 Å². The van der Waals surface area contributed by atoms with Gasteiger partial charge in [0, 0.05) is 6.42 Å². The summed E-state index contributed by atoms with van der Waals surface area (Å²) in [5.41, 5.74) is 2.11. The average molecular weight is 276 g/mol. The van der Waals surface area contributed by atoms with Crippen LogP contribution in [0.25, 0.3) is 0 Å². The second-order valence-corrected chi connectivity index (χ2v) is 4.92. The van der Waals surface area contributed by atoms with Crippen LogP contribution >= 0.6 is 0 Å². The molecule has 2 aromatic carbocycles. The molecule has 1 unspecified atom stereocenters. The second kappa shape index (κ2) is 6.62. The highest BCUT2D eigenvalue weighted by molar-refractivity contribution is 5.27. The van der Waals surface area contributed by atoms with Crippen molar-refractivity contribution < 1.29 is 13.9 Å². The maximum absolute atomic E-state index is 13.6. The Morgan fingerprint density at radius 1 is 1.05 bits per heavy atom. The van der Waals surface area contributed by atoms with Crippen LogP contribution in [0.5, 0.6) is 0 Å². The molecule has 0 aliphatic heterocycles. The zero-order valence-electron chi connectivity index (χ0n) is 11.4. The lowest BCUT2D eigenvalue weighted by Crippen LogP contribution is -2.04. The molecular weight excluding hydrogens is 258 g/mol. The van der Waals surface area contributed by atoms with Gasteiger partial charge in [0.25, 0.3) is 0 Å². The standard InChI is InChI=1S/C17H18F2O/c1-2-4-12-7-9-13(10-8-12)16(20)11-14-5-3-6-15(18)17(14)19/h3,5-10,16,20H,2,4,11H2,1H3. The van der Waals surface area contributed by atoms with E-state index >= 15 is 0 Å². The van der Waals surface area contributed by atoms with Crippen molar-refractivity contribution in [2.45, 2.75) is 32.3 Å². The number of aliphatic hydroxyl groups excluding tert-OH is 1. The number of benzene rings is 2. The largest absolute Gasteiger partial charge is 0.388 e. The molecule has 0 bridgehead atoms. The van der Waals surface area contributed by atoms with Crippen molar-refractivity contribution in [1.29, 1.82) is 0 Å². The topological polar surface area (TPSA) is 20.2 Å². The maximum atomic E-state index is 13.6. The molecule has 2 rings (SSSR count). The smallest absolute Gasteiger partial charge is 0.162 e. The molecule has 0 saturated heterocycles. The van der Waals surface area contributed by atoms with Gasteiger partial charge in [-0.05, 0) is 29.2 Å². The zero-order chi connectivity index (χ0) is 14.5. The highest BCUT2D eigenvalue weighted by Gasteiger charge is 2.14. The fourth-order valence-corrected chi connectivity index (χ4v) is 2.23. The third kappa shape index (κ3) is 3.42. The molecule has 1 nitrogen and oxygen atoms in total. The minimum Gasteiger partial charge on any atom is -0.388 e. The second-order valence-electron chi connectivity index (χ2n) is 4.92. The highest BCUT2D eigenvalue weighted by Crippen LogP contribution is 2.22. The Hall–Kier alpha value is -1.74. The van der Waals surface area contributed by atoms with Gasteiger partial charge < -0.3 is 5.11 Å². The fraction of sp³-hybridized carbons (Fsp3) is 0.294. The fourth-order valence-electron chi connectivity index (χ4n) is 2.23. The van der Waals surface area contributed by atoms with E-state index in [0.717, 1.165) is 18.9 Å². The van der Waals surface area contributed by atoms with Crippen molar-refractivity contribution in [3.05, 3.63) is 70.8 Å². The Labute approximate surface area is 117 Å². The molecule has 1 atom stereocenters. The Balaban J connectivity index is 2.11. The van der Waals surface area contributed by atoms with E-state index in [2.05, 4.69) is 6.92 Å². The highest BCUT2D eigenvalue weighted by atomic mass is 19.2. The van der Waals surface area contributed by atoms with E-state index in [4.69, 9.17) is 0 Å². The summed E-state index contributed by atoms with van der Waals surface area (Å²) >= 11 is 0. The van der Waals surface area contributed by atoms with Gasteiger partial charge in [-0.2, -0.15) is 0 Å². The van der Waals surface area contributed by atoms with E-state index in [0.29, 0.717) is 5.56 Å². The Morgan fingerprint density at radius 3 is 2.40 bits per heavy atom. The van der Waals surface area contributed by atoms with Crippen molar-refractivity contribution in [2.24, 2.45) is 0 Å². The van der Waals surface area contributed by atoms with E-state index in [1.165, 1.54) is 17.7 Å². The summed E-state index contributed by atoms with van der Waals surface area (Å²) in [6.45, 7) is 2.11. The molecule has 3 heteroatoms. The molecule has 0 heterocycles. The third-order valence-corrected chi connectivity index (χ3v) is 3.35. The van der Waals surface area contributed by atoms with Crippen LogP contribution in [-0.2, 0) is 12.8 Å². The molecule has 2 aromatic rings. The maximum Gasteiger partial charge on any atom is 0.162 e. The molecule has 0 saturated carbocycles. The monoisotopic (exact) mass is 276 g/mol. The minimum atomic E-state index is -0.881. The van der Waals surface area contributed by atoms with Gasteiger partial charge >= 0.3 is 0 Å². The van der Waals surface area contributed by atoms with Crippen molar-refractivity contribution >= 4 is 0 Å². The van der Waals surface area contributed by atoms with Gasteiger partial charge in [-0.15, -0.1) is 0 Å². The molecule has 0 aliphatic carbocycles. The first-order valence-corrected chi connectivity index (χ1v) is 6.81. The SMILES string of the molecule is CCCc1ccc(C(O)Cc2cccc(F)c2F)cc1. The number of hydrogen-bond acceptors (Lipinski definition) is 1. The lowest BCUT2D eigenvalue weighted by molar-refractivity contribution is 0.177. The Bertz CT molecular complexity index is 564. The normalized spacial score (nSPS) is 12.4. The zero-order valence-corrected chi connectivity index (χ0v) is 11.4. The van der Waals surface area contributed by atoms with E-state index in [1.807, 2.05) is 24.3 Å². The number of aliphatic hydroxyl groups is 1. The van der Waals surface area contributed by atoms with Crippen molar-refractivity contribution in [1.82, 2.24) is 0 Å². The van der Waals surface area contributed by atoms with Crippen LogP contribution in [0.2, 0.25) is 0 Å². The minimum absolute atomic E-state index is 0.0662. The van der Waals surface area contributed by atoms with Crippen LogP contribution in [0.1, 0.15) is 36.1 Å². The van der Waals surface area contributed by atoms with E-state index in [9.17, 15) is 13.9 Å². The Morgan fingerprint density at radius 2 is 1.75 bits per heavy atom. The summed E-state index contributed by atoms with van der Waals surface area (Å²) < 4.78 is 26.7. The lowest BCUT2D eigenvalue weighted by Gasteiger charge is -2.12. The first kappa shape index (κ1) is 14.7. The Kier molecular flexibility index (Phi) is 4.85. The van der Waals surface area contributed by atoms with Crippen molar-refractivity contribution in [2.75, 3.05) is 0 Å². The summed E-state index contributed by atoms with van der Waals surface area (Å²) in [6.07, 6.45) is 1.30. The van der Waals surface area contributed by atoms with E-state index in [-0.39, 0.29) is 12.0 Å². The lowest BCUT2D eigenvalue weighted by atomic mass is 9.99. The molecule has 0 amide bonds. The number of rotatable bonds is 5. The van der Waals surface area contributed by atoms with E-state index in [1.54, 1.807) is 0 Å². The first-order chi connectivity index (χ1) is 9.61. The van der Waals surface area contributed by atoms with E-state index < -0.39 is 17.7 Å². The van der Waals surface area contributed by atoms with Gasteiger partial charge in [0.1, 0.15) is 0 Å². The summed E-state index contributed by atoms with van der Waals surface area (Å²) in [5.74, 6) is -1.76. The summed E-state index contributed by atoms with van der Waals surface area (Å²) in [6, 6.07) is 11.6.